The summed E-state index contributed by atoms with van der Waals surface area (Å²) in [6.45, 7) is 0.126. The summed E-state index contributed by atoms with van der Waals surface area (Å²) in [6.07, 6.45) is 0.211. The molecule has 35 heavy (non-hydrogen) atoms. The first kappa shape index (κ1) is 21.9. The number of rotatable bonds is 5. The van der Waals surface area contributed by atoms with Crippen molar-refractivity contribution in [1.29, 1.82) is 0 Å². The maximum Gasteiger partial charge on any atom is 0.250 e. The lowest BCUT2D eigenvalue weighted by Gasteiger charge is -2.29. The second kappa shape index (κ2) is 7.69. The van der Waals surface area contributed by atoms with Gasteiger partial charge in [0.05, 0.1) is 18.4 Å². The predicted molar refractivity (Wildman–Crippen MR) is 122 cm³/mol. The molecular weight excluding hydrogens is 476 g/mol. The summed E-state index contributed by atoms with van der Waals surface area (Å²) >= 11 is 6.25. The molecule has 4 N–H and O–H groups in total. The van der Waals surface area contributed by atoms with Crippen LogP contribution < -0.4 is 25.8 Å². The van der Waals surface area contributed by atoms with Gasteiger partial charge in [0.25, 0.3) is 0 Å². The first-order valence-corrected chi connectivity index (χ1v) is 11.6. The van der Waals surface area contributed by atoms with E-state index in [-0.39, 0.29) is 26.2 Å². The third-order valence-corrected chi connectivity index (χ3v) is 7.48. The van der Waals surface area contributed by atoms with Crippen LogP contribution in [-0.2, 0) is 31.3 Å². The van der Waals surface area contributed by atoms with Crippen LogP contribution >= 0.6 is 11.6 Å². The third-order valence-electron chi connectivity index (χ3n) is 7.25. The molecule has 2 aromatic carbocycles. The van der Waals surface area contributed by atoms with Crippen LogP contribution in [-0.4, -0.2) is 41.4 Å². The summed E-state index contributed by atoms with van der Waals surface area (Å²) < 4.78 is 10.7. The van der Waals surface area contributed by atoms with E-state index in [2.05, 4.69) is 10.6 Å². The Bertz CT molecular complexity index is 1310. The van der Waals surface area contributed by atoms with E-state index in [4.69, 9.17) is 26.8 Å². The van der Waals surface area contributed by atoms with Gasteiger partial charge in [-0.25, -0.2) is 0 Å². The Morgan fingerprint density at radius 1 is 1.11 bits per heavy atom. The van der Waals surface area contributed by atoms with E-state index in [1.165, 1.54) is 4.90 Å². The lowest BCUT2D eigenvalue weighted by Crippen LogP contribution is -2.53. The molecule has 0 bridgehead atoms. The third kappa shape index (κ3) is 3.13. The highest BCUT2D eigenvalue weighted by Crippen LogP contribution is 2.54. The van der Waals surface area contributed by atoms with Crippen LogP contribution in [0.4, 0.5) is 5.69 Å². The predicted octanol–water partition coefficient (Wildman–Crippen LogP) is 1.25. The summed E-state index contributed by atoms with van der Waals surface area (Å²) in [7, 11) is 0. The number of carbonyl (C=O) groups excluding carboxylic acids is 4. The number of imide groups is 1. The van der Waals surface area contributed by atoms with Crippen LogP contribution in [0.5, 0.6) is 11.5 Å². The fourth-order valence-electron chi connectivity index (χ4n) is 5.76. The van der Waals surface area contributed by atoms with Crippen molar-refractivity contribution in [1.82, 2.24) is 10.2 Å². The summed E-state index contributed by atoms with van der Waals surface area (Å²) in [4.78, 5) is 53.6. The second-order valence-electron chi connectivity index (χ2n) is 9.16. The van der Waals surface area contributed by atoms with Crippen LogP contribution in [0.25, 0.3) is 0 Å². The van der Waals surface area contributed by atoms with Gasteiger partial charge in [0.15, 0.2) is 11.5 Å². The van der Waals surface area contributed by atoms with Crippen molar-refractivity contribution in [3.63, 3.8) is 0 Å². The Labute approximate surface area is 204 Å². The number of ether oxygens (including phenoxy) is 2. The zero-order valence-corrected chi connectivity index (χ0v) is 19.1. The highest BCUT2D eigenvalue weighted by molar-refractivity contribution is 6.31. The van der Waals surface area contributed by atoms with Gasteiger partial charge >= 0.3 is 0 Å². The molecule has 4 heterocycles. The van der Waals surface area contributed by atoms with Crippen LogP contribution in [0, 0.1) is 11.8 Å². The standard InChI is InChI=1S/C24H21ClN4O6/c25-12-2-3-14-13(8-12)24(23(33)27-14)20-19(15(28-24)4-6-18(26)30)21(31)29(22(20)32)9-11-1-5-16-17(7-11)35-10-34-16/h1-3,5,7-8,15,19-20,28H,4,6,9-10H2,(H2,26,30)(H,27,33)/t15-,19-,20-,24+/m0/s1. The molecule has 0 unspecified atom stereocenters. The number of hydrogen-bond acceptors (Lipinski definition) is 7. The molecule has 180 valence electrons. The van der Waals surface area contributed by atoms with Crippen LogP contribution in [0.3, 0.4) is 0 Å². The molecule has 6 rings (SSSR count). The summed E-state index contributed by atoms with van der Waals surface area (Å²) in [6, 6.07) is 9.55. The Hall–Kier alpha value is -3.63. The number of carbonyl (C=O) groups is 4. The first-order valence-electron chi connectivity index (χ1n) is 11.2. The van der Waals surface area contributed by atoms with Crippen molar-refractivity contribution < 1.29 is 28.7 Å². The average molecular weight is 497 g/mol. The van der Waals surface area contributed by atoms with Gasteiger partial charge in [0.2, 0.25) is 30.4 Å². The van der Waals surface area contributed by atoms with E-state index < -0.39 is 47.0 Å². The number of halogens is 1. The molecule has 10 nitrogen and oxygen atoms in total. The molecule has 1 spiro atoms. The number of anilines is 1. The van der Waals surface area contributed by atoms with Gasteiger partial charge in [-0.15, -0.1) is 0 Å². The molecule has 4 atom stereocenters. The fourth-order valence-corrected chi connectivity index (χ4v) is 5.93. The van der Waals surface area contributed by atoms with Gasteiger partial charge < -0.3 is 20.5 Å². The van der Waals surface area contributed by atoms with Crippen molar-refractivity contribution in [2.24, 2.45) is 17.6 Å². The topological polar surface area (TPSA) is 140 Å². The quantitative estimate of drug-likeness (QED) is 0.529. The molecule has 0 aromatic heterocycles. The van der Waals surface area contributed by atoms with Gasteiger partial charge in [-0.3, -0.25) is 29.4 Å². The first-order chi connectivity index (χ1) is 16.8. The number of primary amides is 1. The normalized spacial score (nSPS) is 28.0. The fraction of sp³-hybridized carbons (Fsp3) is 0.333. The second-order valence-corrected chi connectivity index (χ2v) is 9.60. The van der Waals surface area contributed by atoms with Gasteiger partial charge in [-0.2, -0.15) is 0 Å². The zero-order chi connectivity index (χ0) is 24.5. The minimum absolute atomic E-state index is 0.00458. The van der Waals surface area contributed by atoms with Crippen molar-refractivity contribution >= 4 is 40.9 Å². The number of amides is 4. The molecule has 2 aromatic rings. The molecule has 2 saturated heterocycles. The average Bonchev–Trinajstić information content (AvgIpc) is 3.55. The Kier molecular flexibility index (Phi) is 4.81. The number of nitrogens with two attached hydrogens (primary N) is 1. The van der Waals surface area contributed by atoms with E-state index in [9.17, 15) is 19.2 Å². The molecule has 0 aliphatic carbocycles. The van der Waals surface area contributed by atoms with Gasteiger partial charge in [-0.05, 0) is 42.3 Å². The molecule has 0 saturated carbocycles. The Morgan fingerprint density at radius 2 is 1.91 bits per heavy atom. The summed E-state index contributed by atoms with van der Waals surface area (Å²) in [5.41, 5.74) is 5.60. The van der Waals surface area contributed by atoms with Crippen molar-refractivity contribution in [2.75, 3.05) is 12.1 Å². The molecule has 4 aliphatic heterocycles. The van der Waals surface area contributed by atoms with Crippen molar-refractivity contribution in [3.05, 3.63) is 52.5 Å². The monoisotopic (exact) mass is 496 g/mol. The number of nitrogens with zero attached hydrogens (tertiary/aromatic N) is 1. The lowest BCUT2D eigenvalue weighted by atomic mass is 9.76. The van der Waals surface area contributed by atoms with Gasteiger partial charge in [-0.1, -0.05) is 17.7 Å². The SMILES string of the molecule is NC(=O)CC[C@@H]1N[C@@]2(C(=O)Nc3ccc(Cl)cc32)[C@@H]2C(=O)N(Cc3ccc4c(c3)OCO4)C(=O)[C@@H]12. The highest BCUT2D eigenvalue weighted by atomic mass is 35.5. The molecule has 0 radical (unpaired) electrons. The smallest absolute Gasteiger partial charge is 0.250 e. The zero-order valence-electron chi connectivity index (χ0n) is 18.4. The Balaban J connectivity index is 1.40. The van der Waals surface area contributed by atoms with E-state index in [1.54, 1.807) is 36.4 Å². The minimum atomic E-state index is -1.48. The van der Waals surface area contributed by atoms with Crippen LogP contribution in [0.15, 0.2) is 36.4 Å². The maximum atomic E-state index is 13.8. The summed E-state index contributed by atoms with van der Waals surface area (Å²) in [5, 5.41) is 6.47. The number of likely N-dealkylation sites (tertiary alicyclic amines) is 1. The van der Waals surface area contributed by atoms with Crippen molar-refractivity contribution in [3.8, 4) is 11.5 Å². The van der Waals surface area contributed by atoms with Crippen LogP contribution in [0.1, 0.15) is 24.0 Å². The molecule has 11 heteroatoms. The number of hydrogen-bond donors (Lipinski definition) is 3. The van der Waals surface area contributed by atoms with E-state index in [1.807, 2.05) is 0 Å². The largest absolute Gasteiger partial charge is 0.454 e. The number of fused-ring (bicyclic) bond motifs is 5. The molecule has 2 fully saturated rings. The number of benzene rings is 2. The molecule has 4 amide bonds. The Morgan fingerprint density at radius 3 is 2.71 bits per heavy atom. The molecule has 4 aliphatic rings. The highest BCUT2D eigenvalue weighted by Gasteiger charge is 2.70. The maximum absolute atomic E-state index is 13.8. The minimum Gasteiger partial charge on any atom is -0.454 e. The van der Waals surface area contributed by atoms with E-state index in [0.717, 1.165) is 0 Å². The van der Waals surface area contributed by atoms with Crippen LogP contribution in [0.2, 0.25) is 5.02 Å². The van der Waals surface area contributed by atoms with Crippen molar-refractivity contribution in [2.45, 2.75) is 31.0 Å². The molecular formula is C24H21ClN4O6. The van der Waals surface area contributed by atoms with E-state index >= 15 is 0 Å². The van der Waals surface area contributed by atoms with Gasteiger partial charge in [0, 0.05) is 28.7 Å². The number of nitrogens with one attached hydrogen (secondary N) is 2. The summed E-state index contributed by atoms with van der Waals surface area (Å²) in [5.74, 6) is -2.54. The van der Waals surface area contributed by atoms with Gasteiger partial charge in [0.1, 0.15) is 5.54 Å². The lowest BCUT2D eigenvalue weighted by molar-refractivity contribution is -0.143. The van der Waals surface area contributed by atoms with E-state index in [0.29, 0.717) is 33.3 Å².